The number of carboxylic acid groups (broad SMARTS) is 1. The van der Waals surface area contributed by atoms with Gasteiger partial charge >= 0.3 is 12.0 Å². The van der Waals surface area contributed by atoms with Crippen molar-refractivity contribution in [1.82, 2.24) is 5.32 Å². The van der Waals surface area contributed by atoms with Crippen molar-refractivity contribution >= 4 is 24.6 Å². The third kappa shape index (κ3) is 3.18. The van der Waals surface area contributed by atoms with Crippen LogP contribution in [0.15, 0.2) is 0 Å². The molecule has 0 aromatic heterocycles. The number of hydrogen-bond donors (Lipinski definition) is 4. The molecule has 58 valence electrons. The van der Waals surface area contributed by atoms with Crippen molar-refractivity contribution in [2.24, 2.45) is 5.73 Å². The molecular formula is C4H8N2O3S. The molecule has 4 N–H and O–H groups in total. The van der Waals surface area contributed by atoms with E-state index in [2.05, 4.69) is 12.6 Å². The fourth-order valence-electron chi connectivity index (χ4n) is 0.344. The van der Waals surface area contributed by atoms with Gasteiger partial charge in [-0.3, -0.25) is 0 Å². The molecular weight excluding hydrogens is 156 g/mol. The lowest BCUT2D eigenvalue weighted by molar-refractivity contribution is -0.138. The minimum absolute atomic E-state index is 0.0112. The number of carbonyl (C=O) groups is 2. The Balaban J connectivity index is 3.88. The van der Waals surface area contributed by atoms with Gasteiger partial charge < -0.3 is 16.2 Å². The predicted octanol–water partition coefficient (Wildman–Crippen LogP) is -0.962. The van der Waals surface area contributed by atoms with Crippen LogP contribution in [0.25, 0.3) is 0 Å². The van der Waals surface area contributed by atoms with E-state index in [4.69, 9.17) is 6.52 Å². The van der Waals surface area contributed by atoms with Crippen LogP contribution >= 0.6 is 12.6 Å². The van der Waals surface area contributed by atoms with E-state index >= 15 is 0 Å². The van der Waals surface area contributed by atoms with Crippen LogP contribution in [0.1, 0.15) is 0 Å². The molecule has 0 aliphatic carbocycles. The Hall–Kier alpha value is -0.910. The number of hydrogen-bond acceptors (Lipinski definition) is 3. The molecule has 2 amide bonds. The molecule has 0 saturated heterocycles. The van der Waals surface area contributed by atoms with Crippen molar-refractivity contribution in [3.63, 3.8) is 0 Å². The summed E-state index contributed by atoms with van der Waals surface area (Å²) >= 11 is 3.68. The molecule has 6 heteroatoms. The first-order valence-corrected chi connectivity index (χ1v) is 3.07. The Labute approximate surface area is 64.5 Å². The zero-order valence-electron chi connectivity index (χ0n) is 6.00. The van der Waals surface area contributed by atoms with Gasteiger partial charge in [0.05, 0.1) is 0 Å². The first kappa shape index (κ1) is 7.20. The van der Waals surface area contributed by atoms with Crippen LogP contribution in [-0.2, 0) is 4.79 Å². The van der Waals surface area contributed by atoms with E-state index < -0.39 is 18.0 Å². The number of amides is 2. The summed E-state index contributed by atoms with van der Waals surface area (Å²) in [4.78, 5) is 20.6. The Morgan fingerprint density at radius 2 is 2.50 bits per heavy atom. The number of thiol groups is 1. The second kappa shape index (κ2) is 3.99. The maximum absolute atomic E-state index is 10.4. The van der Waals surface area contributed by atoms with E-state index in [0.29, 0.717) is 0 Å². The summed E-state index contributed by atoms with van der Waals surface area (Å²) in [5.41, 5.74) is 1.49. The quantitative estimate of drug-likeness (QED) is 0.406. The first-order valence-electron chi connectivity index (χ1n) is 2.93. The topological polar surface area (TPSA) is 92.4 Å². The van der Waals surface area contributed by atoms with Crippen LogP contribution in [0.4, 0.5) is 4.79 Å². The molecule has 0 rings (SSSR count). The number of nitrogens with two attached hydrogens (primary N) is 1. The molecule has 0 spiro atoms. The molecule has 5 nitrogen and oxygen atoms in total. The maximum Gasteiger partial charge on any atom is 0.327 e. The third-order valence-corrected chi connectivity index (χ3v) is 1.15. The fourth-order valence-corrected chi connectivity index (χ4v) is 0.591. The summed E-state index contributed by atoms with van der Waals surface area (Å²) < 4.78 is 6.34. The predicted molar refractivity (Wildman–Crippen MR) is 38.0 cm³/mol. The van der Waals surface area contributed by atoms with E-state index in [1.165, 1.54) is 5.73 Å². The lowest BCUT2D eigenvalue weighted by Gasteiger charge is -2.07. The fraction of sp³-hybridized carbons (Fsp3) is 0.500. The third-order valence-electron chi connectivity index (χ3n) is 0.786. The molecule has 0 bridgehead atoms. The van der Waals surface area contributed by atoms with Crippen LogP contribution in [0.2, 0.25) is 1.41 Å². The molecule has 10 heavy (non-hydrogen) atoms. The number of aliphatic carboxylic acids is 1. The minimum Gasteiger partial charge on any atom is -0.480 e. The molecule has 0 unspecified atom stereocenters. The number of primary amides is 1. The van der Waals surface area contributed by atoms with Crippen molar-refractivity contribution in [3.05, 3.63) is 0 Å². The lowest BCUT2D eigenvalue weighted by Crippen LogP contribution is -2.44. The summed E-state index contributed by atoms with van der Waals surface area (Å²) in [5, 5.41) is 10.4. The number of carboxylic acids is 1. The highest BCUT2D eigenvalue weighted by Gasteiger charge is 2.15. The van der Waals surface area contributed by atoms with Crippen molar-refractivity contribution in [2.75, 3.05) is 5.75 Å². The lowest BCUT2D eigenvalue weighted by atomic mass is 10.3. The van der Waals surface area contributed by atoms with Gasteiger partial charge in [0.2, 0.25) is 0 Å². The Kier molecular flexibility index (Phi) is 2.88. The van der Waals surface area contributed by atoms with Crippen LogP contribution < -0.4 is 11.0 Å². The van der Waals surface area contributed by atoms with Gasteiger partial charge in [0, 0.05) is 5.75 Å². The van der Waals surface area contributed by atoms with Gasteiger partial charge in [-0.2, -0.15) is 12.6 Å². The maximum atomic E-state index is 10.4. The summed E-state index contributed by atoms with van der Waals surface area (Å²) in [5.74, 6) is -1.19. The molecule has 0 aliphatic heterocycles. The van der Waals surface area contributed by atoms with E-state index in [9.17, 15) is 9.59 Å². The van der Waals surface area contributed by atoms with Crippen LogP contribution in [0.3, 0.4) is 0 Å². The standard InChI is InChI=1S/C4H8N2O3S/c5-4(9)6-2(1-10)3(7)8/h2,10H,1H2,(H,7,8)(H3,5,6,9)/t2-/m0/s1/i/hD. The number of urea groups is 1. The molecule has 0 radical (unpaired) electrons. The first-order chi connectivity index (χ1) is 5.11. The molecule has 0 aliphatic rings. The van der Waals surface area contributed by atoms with Gasteiger partial charge in [-0.15, -0.1) is 0 Å². The van der Waals surface area contributed by atoms with Gasteiger partial charge in [-0.1, -0.05) is 0 Å². The van der Waals surface area contributed by atoms with Gasteiger partial charge in [-0.05, 0) is 0 Å². The number of rotatable bonds is 3. The van der Waals surface area contributed by atoms with Crippen LogP contribution in [0.5, 0.6) is 0 Å². The average Bonchev–Trinajstić information content (AvgIpc) is 1.99. The van der Waals surface area contributed by atoms with Gasteiger partial charge in [0.15, 0.2) is 1.41 Å². The minimum atomic E-state index is -1.18. The highest BCUT2D eigenvalue weighted by Crippen LogP contribution is 1.86. The zero-order chi connectivity index (χ0) is 8.85. The molecule has 0 heterocycles. The Bertz CT molecular complexity index is 165. The van der Waals surface area contributed by atoms with Crippen LogP contribution in [-0.4, -0.2) is 28.9 Å². The average molecular weight is 165 g/mol. The molecule has 0 aromatic rings. The summed E-state index contributed by atoms with van der Waals surface area (Å²) in [6, 6.07) is -1.91. The summed E-state index contributed by atoms with van der Waals surface area (Å²) in [6.07, 6.45) is 0. The van der Waals surface area contributed by atoms with E-state index in [-0.39, 0.29) is 5.75 Å². The summed E-state index contributed by atoms with van der Waals surface area (Å²) in [6.45, 7) is 0. The smallest absolute Gasteiger partial charge is 0.327 e. The molecule has 0 saturated carbocycles. The van der Waals surface area contributed by atoms with Crippen molar-refractivity contribution in [2.45, 2.75) is 6.04 Å². The largest absolute Gasteiger partial charge is 0.480 e. The Morgan fingerprint density at radius 1 is 1.90 bits per heavy atom. The second-order valence-corrected chi connectivity index (χ2v) is 1.91. The molecule has 0 fully saturated rings. The van der Waals surface area contributed by atoms with Gasteiger partial charge in [-0.25, -0.2) is 9.59 Å². The van der Waals surface area contributed by atoms with Gasteiger partial charge in [0.1, 0.15) is 6.04 Å². The molecule has 1 atom stereocenters. The summed E-state index contributed by atoms with van der Waals surface area (Å²) in [7, 11) is 0. The highest BCUT2D eigenvalue weighted by atomic mass is 32.1. The normalized spacial score (nSPS) is 13.1. The second-order valence-electron chi connectivity index (χ2n) is 1.55. The van der Waals surface area contributed by atoms with Crippen molar-refractivity contribution in [3.8, 4) is 0 Å². The van der Waals surface area contributed by atoms with E-state index in [0.717, 1.165) is 0 Å². The van der Waals surface area contributed by atoms with Crippen molar-refractivity contribution < 1.29 is 16.1 Å². The Morgan fingerprint density at radius 3 is 2.80 bits per heavy atom. The van der Waals surface area contributed by atoms with E-state index in [1.807, 2.05) is 5.32 Å². The monoisotopic (exact) mass is 165 g/mol. The van der Waals surface area contributed by atoms with Crippen LogP contribution in [0, 0.1) is 0 Å². The number of carbonyl (C=O) groups excluding carboxylic acids is 1. The SMILES string of the molecule is [2H]NC(=O)N[C@@H](CS)C(=O)O. The highest BCUT2D eigenvalue weighted by molar-refractivity contribution is 7.80. The van der Waals surface area contributed by atoms with Crippen molar-refractivity contribution in [1.29, 1.82) is 0 Å². The zero-order valence-corrected chi connectivity index (χ0v) is 5.89. The number of nitrogens with one attached hydrogen (secondary N) is 1. The van der Waals surface area contributed by atoms with Gasteiger partial charge in [0.25, 0.3) is 0 Å². The molecule has 0 aromatic carbocycles. The van der Waals surface area contributed by atoms with E-state index in [1.54, 1.807) is 0 Å².